The van der Waals surface area contributed by atoms with Gasteiger partial charge in [0.05, 0.1) is 0 Å². The van der Waals surface area contributed by atoms with Gasteiger partial charge in [0.15, 0.2) is 0 Å². The molecule has 1 N–H and O–H groups in total. The molecule has 3 aromatic rings. The Labute approximate surface area is 177 Å². The molecular formula is C25H36N2O2. The van der Waals surface area contributed by atoms with Crippen LogP contribution < -0.4 is 10.1 Å². The van der Waals surface area contributed by atoms with Crippen molar-refractivity contribution in [2.24, 2.45) is 0 Å². The van der Waals surface area contributed by atoms with Gasteiger partial charge in [-0.15, -0.1) is 0 Å². The molecule has 0 saturated carbocycles. The molecule has 0 unspecified atom stereocenters. The lowest BCUT2D eigenvalue weighted by Crippen LogP contribution is -2.04. The number of aromatic nitrogens is 1. The molecule has 1 aromatic heterocycles. The number of benzene rings is 2. The minimum atomic E-state index is -0.0359. The van der Waals surface area contributed by atoms with Crippen LogP contribution in [0.5, 0.6) is 11.6 Å². The van der Waals surface area contributed by atoms with E-state index in [1.54, 1.807) is 6.20 Å². The van der Waals surface area contributed by atoms with E-state index in [1.165, 1.54) is 6.92 Å². The molecule has 158 valence electrons. The fraction of sp³-hybridized carbons (Fsp3) is 0.280. The first kappa shape index (κ1) is 28.1. The number of amides is 1. The van der Waals surface area contributed by atoms with Crippen molar-refractivity contribution >= 4 is 11.6 Å². The highest BCUT2D eigenvalue weighted by molar-refractivity contribution is 5.88. The molecule has 0 bridgehead atoms. The molecule has 1 heterocycles. The van der Waals surface area contributed by atoms with Crippen molar-refractivity contribution in [3.63, 3.8) is 0 Å². The largest absolute Gasteiger partial charge is 0.439 e. The summed E-state index contributed by atoms with van der Waals surface area (Å²) in [5, 5.41) is 2.67. The van der Waals surface area contributed by atoms with Crippen molar-refractivity contribution in [1.29, 1.82) is 0 Å². The van der Waals surface area contributed by atoms with Crippen LogP contribution in [-0.4, -0.2) is 10.9 Å². The van der Waals surface area contributed by atoms with Crippen LogP contribution in [0.2, 0.25) is 0 Å². The number of hydrogen-bond acceptors (Lipinski definition) is 3. The van der Waals surface area contributed by atoms with Crippen molar-refractivity contribution in [2.75, 3.05) is 5.32 Å². The zero-order chi connectivity index (χ0) is 22.3. The van der Waals surface area contributed by atoms with Crippen LogP contribution in [0.4, 0.5) is 5.69 Å². The van der Waals surface area contributed by atoms with Crippen molar-refractivity contribution in [1.82, 2.24) is 4.98 Å². The van der Waals surface area contributed by atoms with Gasteiger partial charge in [0.25, 0.3) is 0 Å². The number of carbonyl (C=O) groups is 1. The predicted molar refractivity (Wildman–Crippen MR) is 126 cm³/mol. The standard InChI is InChI=1S/C11H9NO.C8H9NO.3C2H6/c1-2-6-10(7-3-1)13-11-8-4-5-9-12-11;1-7(10)9-8-5-3-2-4-6-8;3*1-2/h1-9H;2-6H,1H3,(H,9,10);3*1-2H3. The second kappa shape index (κ2) is 21.2. The van der Waals surface area contributed by atoms with E-state index in [2.05, 4.69) is 10.3 Å². The summed E-state index contributed by atoms with van der Waals surface area (Å²) in [6, 6.07) is 24.5. The second-order valence-corrected chi connectivity index (χ2v) is 4.63. The first-order valence-corrected chi connectivity index (χ1v) is 10.2. The van der Waals surface area contributed by atoms with E-state index in [0.717, 1.165) is 11.4 Å². The maximum absolute atomic E-state index is 10.5. The lowest BCUT2D eigenvalue weighted by molar-refractivity contribution is -0.114. The lowest BCUT2D eigenvalue weighted by Gasteiger charge is -2.02. The first-order chi connectivity index (χ1) is 14.2. The Morgan fingerprint density at radius 2 is 1.21 bits per heavy atom. The number of hydrogen-bond donors (Lipinski definition) is 1. The lowest BCUT2D eigenvalue weighted by atomic mass is 10.3. The SMILES string of the molecule is CC.CC.CC.CC(=O)Nc1ccccc1.c1ccc(Oc2ccccn2)cc1. The van der Waals surface area contributed by atoms with E-state index in [0.29, 0.717) is 5.88 Å². The van der Waals surface area contributed by atoms with Crippen LogP contribution in [-0.2, 0) is 4.79 Å². The summed E-state index contributed by atoms with van der Waals surface area (Å²) >= 11 is 0. The van der Waals surface area contributed by atoms with E-state index >= 15 is 0 Å². The normalized spacial score (nSPS) is 7.97. The molecule has 0 fully saturated rings. The van der Waals surface area contributed by atoms with Crippen LogP contribution in [0.25, 0.3) is 0 Å². The molecule has 0 aliphatic rings. The fourth-order valence-electron chi connectivity index (χ4n) is 1.74. The van der Waals surface area contributed by atoms with Gasteiger partial charge >= 0.3 is 0 Å². The molecule has 0 aliphatic heterocycles. The zero-order valence-electron chi connectivity index (χ0n) is 18.8. The Kier molecular flexibility index (Phi) is 20.5. The van der Waals surface area contributed by atoms with Gasteiger partial charge in [-0.3, -0.25) is 4.79 Å². The molecule has 29 heavy (non-hydrogen) atoms. The summed E-state index contributed by atoms with van der Waals surface area (Å²) in [6.45, 7) is 13.5. The van der Waals surface area contributed by atoms with Crippen molar-refractivity contribution in [2.45, 2.75) is 48.5 Å². The summed E-state index contributed by atoms with van der Waals surface area (Å²) in [5.74, 6) is 1.39. The van der Waals surface area contributed by atoms with E-state index in [-0.39, 0.29) is 5.91 Å². The number of anilines is 1. The maximum atomic E-state index is 10.5. The monoisotopic (exact) mass is 396 g/mol. The van der Waals surface area contributed by atoms with Gasteiger partial charge in [-0.1, -0.05) is 84.0 Å². The Morgan fingerprint density at radius 1 is 0.724 bits per heavy atom. The van der Waals surface area contributed by atoms with Crippen LogP contribution in [0.3, 0.4) is 0 Å². The predicted octanol–water partition coefficient (Wildman–Crippen LogP) is 7.60. The molecule has 3 rings (SSSR count). The van der Waals surface area contributed by atoms with Gasteiger partial charge in [0.1, 0.15) is 5.75 Å². The number of ether oxygens (including phenoxy) is 1. The topological polar surface area (TPSA) is 51.2 Å². The van der Waals surface area contributed by atoms with E-state index in [9.17, 15) is 4.79 Å². The Balaban J connectivity index is 0. The maximum Gasteiger partial charge on any atom is 0.221 e. The Bertz CT molecular complexity index is 665. The third-order valence-corrected chi connectivity index (χ3v) is 2.70. The van der Waals surface area contributed by atoms with Gasteiger partial charge in [0.2, 0.25) is 11.8 Å². The summed E-state index contributed by atoms with van der Waals surface area (Å²) in [5.41, 5.74) is 0.843. The zero-order valence-corrected chi connectivity index (χ0v) is 18.8. The molecule has 4 nitrogen and oxygen atoms in total. The number of para-hydroxylation sites is 2. The van der Waals surface area contributed by atoms with Gasteiger partial charge in [-0.2, -0.15) is 0 Å². The van der Waals surface area contributed by atoms with Crippen LogP contribution in [0.1, 0.15) is 48.5 Å². The number of rotatable bonds is 3. The molecule has 2 aromatic carbocycles. The highest BCUT2D eigenvalue weighted by atomic mass is 16.5. The highest BCUT2D eigenvalue weighted by Crippen LogP contribution is 2.17. The quantitative estimate of drug-likeness (QED) is 0.496. The van der Waals surface area contributed by atoms with Crippen molar-refractivity contribution < 1.29 is 9.53 Å². The smallest absolute Gasteiger partial charge is 0.221 e. The van der Waals surface area contributed by atoms with Gasteiger partial charge in [0, 0.05) is 24.9 Å². The van der Waals surface area contributed by atoms with Crippen molar-refractivity contribution in [3.05, 3.63) is 85.1 Å². The number of nitrogens with one attached hydrogen (secondary N) is 1. The number of pyridine rings is 1. The van der Waals surface area contributed by atoms with Crippen LogP contribution in [0, 0.1) is 0 Å². The number of carbonyl (C=O) groups excluding carboxylic acids is 1. The molecule has 0 radical (unpaired) electrons. The van der Waals surface area contributed by atoms with Crippen LogP contribution in [0.15, 0.2) is 85.1 Å². The molecule has 0 atom stereocenters. The Morgan fingerprint density at radius 3 is 1.66 bits per heavy atom. The molecule has 0 spiro atoms. The van der Waals surface area contributed by atoms with Gasteiger partial charge < -0.3 is 10.1 Å². The molecule has 4 heteroatoms. The van der Waals surface area contributed by atoms with E-state index in [4.69, 9.17) is 4.74 Å². The number of nitrogens with zero attached hydrogens (tertiary/aromatic N) is 1. The average Bonchev–Trinajstić information content (AvgIpc) is 2.80. The highest BCUT2D eigenvalue weighted by Gasteiger charge is 1.94. The summed E-state index contributed by atoms with van der Waals surface area (Å²) in [7, 11) is 0. The van der Waals surface area contributed by atoms with Crippen molar-refractivity contribution in [3.8, 4) is 11.6 Å². The van der Waals surface area contributed by atoms with Crippen LogP contribution >= 0.6 is 0 Å². The minimum absolute atomic E-state index is 0.0359. The second-order valence-electron chi connectivity index (χ2n) is 4.63. The van der Waals surface area contributed by atoms with Gasteiger partial charge in [-0.05, 0) is 30.3 Å². The van der Waals surface area contributed by atoms with E-state index < -0.39 is 0 Å². The molecular weight excluding hydrogens is 360 g/mol. The third kappa shape index (κ3) is 15.6. The summed E-state index contributed by atoms with van der Waals surface area (Å²) < 4.78 is 5.47. The Hall–Kier alpha value is -3.14. The first-order valence-electron chi connectivity index (χ1n) is 10.2. The average molecular weight is 397 g/mol. The summed E-state index contributed by atoms with van der Waals surface area (Å²) in [4.78, 5) is 14.6. The minimum Gasteiger partial charge on any atom is -0.439 e. The van der Waals surface area contributed by atoms with E-state index in [1.807, 2.05) is 120 Å². The fourth-order valence-corrected chi connectivity index (χ4v) is 1.74. The summed E-state index contributed by atoms with van der Waals surface area (Å²) in [6.07, 6.45) is 1.71. The molecule has 0 saturated heterocycles. The molecule has 1 amide bonds. The van der Waals surface area contributed by atoms with Gasteiger partial charge in [-0.25, -0.2) is 4.98 Å². The molecule has 0 aliphatic carbocycles. The third-order valence-electron chi connectivity index (χ3n) is 2.70.